The van der Waals surface area contributed by atoms with Crippen LogP contribution in [-0.4, -0.2) is 24.8 Å². The fraction of sp³-hybridized carbons (Fsp3) is 0.222. The molecule has 0 radical (unpaired) electrons. The van der Waals surface area contributed by atoms with E-state index in [9.17, 15) is 9.59 Å². The third-order valence-electron chi connectivity index (χ3n) is 3.57. The first kappa shape index (κ1) is 15.9. The second-order valence-electron chi connectivity index (χ2n) is 5.32. The number of carbonyl (C=O) groups excluding carboxylic acids is 2. The molecule has 24 heavy (non-hydrogen) atoms. The van der Waals surface area contributed by atoms with Crippen molar-refractivity contribution in [3.05, 3.63) is 59.7 Å². The van der Waals surface area contributed by atoms with Gasteiger partial charge >= 0.3 is 5.97 Å². The molecule has 2 aromatic rings. The Morgan fingerprint density at radius 1 is 1.12 bits per heavy atom. The number of esters is 1. The maximum absolute atomic E-state index is 12.1. The second-order valence-corrected chi connectivity index (χ2v) is 5.32. The zero-order chi connectivity index (χ0) is 16.9. The molecule has 6 heteroatoms. The van der Waals surface area contributed by atoms with Crippen LogP contribution in [-0.2, 0) is 16.1 Å². The number of benzene rings is 2. The Morgan fingerprint density at radius 2 is 1.88 bits per heavy atom. The van der Waals surface area contributed by atoms with E-state index in [1.165, 1.54) is 6.92 Å². The Bertz CT molecular complexity index is 744. The lowest BCUT2D eigenvalue weighted by Crippen LogP contribution is -2.35. The van der Waals surface area contributed by atoms with Crippen molar-refractivity contribution in [2.75, 3.05) is 6.79 Å². The van der Waals surface area contributed by atoms with Crippen molar-refractivity contribution in [1.82, 2.24) is 5.32 Å². The zero-order valence-corrected chi connectivity index (χ0v) is 13.2. The van der Waals surface area contributed by atoms with E-state index in [2.05, 4.69) is 5.32 Å². The smallest absolute Gasteiger partial charge is 0.338 e. The highest BCUT2D eigenvalue weighted by atomic mass is 16.7. The van der Waals surface area contributed by atoms with Crippen LogP contribution in [0.5, 0.6) is 11.5 Å². The van der Waals surface area contributed by atoms with Crippen LogP contribution in [0.2, 0.25) is 0 Å². The molecule has 0 aliphatic carbocycles. The van der Waals surface area contributed by atoms with Crippen molar-refractivity contribution in [2.45, 2.75) is 19.6 Å². The Balaban J connectivity index is 1.52. The standard InChI is InChI=1S/C18H17NO5/c1-12(24-18(21)14-5-3-2-4-6-14)17(20)19-10-13-7-8-15-16(9-13)23-11-22-15/h2-9,12H,10-11H2,1H3,(H,19,20)/t12-/m0/s1. The van der Waals surface area contributed by atoms with E-state index in [4.69, 9.17) is 14.2 Å². The van der Waals surface area contributed by atoms with Gasteiger partial charge in [-0.15, -0.1) is 0 Å². The largest absolute Gasteiger partial charge is 0.454 e. The molecule has 2 aromatic carbocycles. The average molecular weight is 327 g/mol. The Morgan fingerprint density at radius 3 is 2.67 bits per heavy atom. The predicted molar refractivity (Wildman–Crippen MR) is 85.7 cm³/mol. The third-order valence-corrected chi connectivity index (χ3v) is 3.57. The van der Waals surface area contributed by atoms with Gasteiger partial charge < -0.3 is 19.5 Å². The summed E-state index contributed by atoms with van der Waals surface area (Å²) < 4.78 is 15.7. The minimum absolute atomic E-state index is 0.206. The number of ether oxygens (including phenoxy) is 3. The van der Waals surface area contributed by atoms with Gasteiger partial charge in [-0.2, -0.15) is 0 Å². The maximum atomic E-state index is 12.1. The van der Waals surface area contributed by atoms with Crippen molar-refractivity contribution < 1.29 is 23.8 Å². The van der Waals surface area contributed by atoms with Crippen molar-refractivity contribution >= 4 is 11.9 Å². The van der Waals surface area contributed by atoms with E-state index in [1.54, 1.807) is 36.4 Å². The van der Waals surface area contributed by atoms with E-state index in [0.717, 1.165) is 5.56 Å². The molecule has 1 atom stereocenters. The van der Waals surface area contributed by atoms with Crippen LogP contribution in [0.1, 0.15) is 22.8 Å². The molecule has 1 aliphatic rings. The van der Waals surface area contributed by atoms with Crippen molar-refractivity contribution in [3.63, 3.8) is 0 Å². The summed E-state index contributed by atoms with van der Waals surface area (Å²) in [5, 5.41) is 2.73. The number of hydrogen-bond donors (Lipinski definition) is 1. The number of rotatable bonds is 5. The van der Waals surface area contributed by atoms with Gasteiger partial charge in [0.05, 0.1) is 5.56 Å². The van der Waals surface area contributed by atoms with Crippen LogP contribution < -0.4 is 14.8 Å². The summed E-state index contributed by atoms with van der Waals surface area (Å²) in [6.07, 6.45) is -0.883. The molecule has 0 bridgehead atoms. The van der Waals surface area contributed by atoms with Gasteiger partial charge in [-0.1, -0.05) is 24.3 Å². The van der Waals surface area contributed by atoms with Gasteiger partial charge in [-0.3, -0.25) is 4.79 Å². The quantitative estimate of drug-likeness (QED) is 0.853. The van der Waals surface area contributed by atoms with E-state index in [-0.39, 0.29) is 12.7 Å². The van der Waals surface area contributed by atoms with Gasteiger partial charge in [0, 0.05) is 6.54 Å². The molecule has 1 amide bonds. The average Bonchev–Trinajstić information content (AvgIpc) is 3.08. The first-order chi connectivity index (χ1) is 11.6. The first-order valence-corrected chi connectivity index (χ1v) is 7.56. The molecule has 6 nitrogen and oxygen atoms in total. The lowest BCUT2D eigenvalue weighted by molar-refractivity contribution is -0.129. The molecule has 0 aromatic heterocycles. The molecule has 124 valence electrons. The molecular weight excluding hydrogens is 310 g/mol. The highest BCUT2D eigenvalue weighted by molar-refractivity contribution is 5.92. The summed E-state index contributed by atoms with van der Waals surface area (Å²) in [5.41, 5.74) is 1.28. The van der Waals surface area contributed by atoms with Gasteiger partial charge in [0.25, 0.3) is 5.91 Å². The SMILES string of the molecule is C[C@H](OC(=O)c1ccccc1)C(=O)NCc1ccc2c(c1)OCO2. The number of fused-ring (bicyclic) bond motifs is 1. The minimum atomic E-state index is -0.883. The summed E-state index contributed by atoms with van der Waals surface area (Å²) >= 11 is 0. The normalized spacial score (nSPS) is 13.2. The minimum Gasteiger partial charge on any atom is -0.454 e. The summed E-state index contributed by atoms with van der Waals surface area (Å²) in [6, 6.07) is 14.0. The topological polar surface area (TPSA) is 73.9 Å². The zero-order valence-electron chi connectivity index (χ0n) is 13.2. The fourth-order valence-corrected chi connectivity index (χ4v) is 2.24. The summed E-state index contributed by atoms with van der Waals surface area (Å²) in [7, 11) is 0. The van der Waals surface area contributed by atoms with Crippen LogP contribution in [0.25, 0.3) is 0 Å². The lowest BCUT2D eigenvalue weighted by atomic mass is 10.2. The lowest BCUT2D eigenvalue weighted by Gasteiger charge is -2.13. The highest BCUT2D eigenvalue weighted by Crippen LogP contribution is 2.32. The molecule has 3 rings (SSSR count). The summed E-state index contributed by atoms with van der Waals surface area (Å²) in [6.45, 7) is 2.05. The second kappa shape index (κ2) is 7.04. The van der Waals surface area contributed by atoms with Crippen molar-refractivity contribution in [2.24, 2.45) is 0 Å². The predicted octanol–water partition coefficient (Wildman–Crippen LogP) is 2.28. The van der Waals surface area contributed by atoms with Crippen molar-refractivity contribution in [3.8, 4) is 11.5 Å². The molecule has 0 spiro atoms. The van der Waals surface area contributed by atoms with E-state index >= 15 is 0 Å². The molecule has 1 aliphatic heterocycles. The highest BCUT2D eigenvalue weighted by Gasteiger charge is 2.19. The van der Waals surface area contributed by atoms with Crippen LogP contribution in [0.4, 0.5) is 0 Å². The maximum Gasteiger partial charge on any atom is 0.338 e. The third kappa shape index (κ3) is 3.65. The monoisotopic (exact) mass is 327 g/mol. The number of carbonyl (C=O) groups is 2. The van der Waals surface area contributed by atoms with Crippen LogP contribution in [0.3, 0.4) is 0 Å². The molecule has 1 N–H and O–H groups in total. The molecule has 0 saturated carbocycles. The van der Waals surface area contributed by atoms with E-state index in [1.807, 2.05) is 12.1 Å². The molecule has 0 fully saturated rings. The number of hydrogen-bond acceptors (Lipinski definition) is 5. The molecule has 0 saturated heterocycles. The number of amides is 1. The van der Waals surface area contributed by atoms with Crippen LogP contribution in [0.15, 0.2) is 48.5 Å². The fourth-order valence-electron chi connectivity index (χ4n) is 2.24. The molecule has 1 heterocycles. The summed E-state index contributed by atoms with van der Waals surface area (Å²) in [5.74, 6) is 0.457. The van der Waals surface area contributed by atoms with E-state index in [0.29, 0.717) is 23.6 Å². The Labute approximate surface area is 139 Å². The summed E-state index contributed by atoms with van der Waals surface area (Å²) in [4.78, 5) is 24.0. The van der Waals surface area contributed by atoms with Crippen molar-refractivity contribution in [1.29, 1.82) is 0 Å². The number of nitrogens with one attached hydrogen (secondary N) is 1. The molecular formula is C18H17NO5. The van der Waals surface area contributed by atoms with Gasteiger partial charge in [-0.05, 0) is 36.8 Å². The Hall–Kier alpha value is -3.02. The van der Waals surface area contributed by atoms with E-state index < -0.39 is 12.1 Å². The van der Waals surface area contributed by atoms with Gasteiger partial charge in [0.1, 0.15) is 0 Å². The van der Waals surface area contributed by atoms with Gasteiger partial charge in [0.15, 0.2) is 17.6 Å². The first-order valence-electron chi connectivity index (χ1n) is 7.56. The van der Waals surface area contributed by atoms with Gasteiger partial charge in [-0.25, -0.2) is 4.79 Å². The Kier molecular flexibility index (Phi) is 4.65. The van der Waals surface area contributed by atoms with Crippen LogP contribution >= 0.6 is 0 Å². The van der Waals surface area contributed by atoms with Crippen LogP contribution in [0, 0.1) is 0 Å². The van der Waals surface area contributed by atoms with Gasteiger partial charge in [0.2, 0.25) is 6.79 Å². The molecule has 0 unspecified atom stereocenters.